The number of rotatable bonds is 9. The number of fused-ring (bicyclic) bond motifs is 1. The van der Waals surface area contributed by atoms with E-state index >= 15 is 0 Å². The van der Waals surface area contributed by atoms with Gasteiger partial charge in [0.1, 0.15) is 29.2 Å². The molecule has 8 rings (SSSR count). The summed E-state index contributed by atoms with van der Waals surface area (Å²) in [6.07, 6.45) is 1.89. The Labute approximate surface area is 323 Å². The fraction of sp³-hybridized carbons (Fsp3) is 0.357. The van der Waals surface area contributed by atoms with E-state index in [-0.39, 0.29) is 17.0 Å². The van der Waals surface area contributed by atoms with Crippen LogP contribution in [0.5, 0.6) is 5.75 Å². The number of methoxy groups -OCH3 is 1. The van der Waals surface area contributed by atoms with Crippen LogP contribution in [0.4, 0.5) is 10.1 Å². The monoisotopic (exact) mass is 761 g/mol. The molecule has 5 heterocycles. The maximum Gasteiger partial charge on any atom is 0.274 e. The first-order chi connectivity index (χ1) is 26.5. The quantitative estimate of drug-likeness (QED) is 0.165. The van der Waals surface area contributed by atoms with Gasteiger partial charge in [0.15, 0.2) is 5.58 Å². The molecule has 1 spiro atoms. The zero-order valence-electron chi connectivity index (χ0n) is 31.0. The third-order valence-electron chi connectivity index (χ3n) is 11.1. The minimum atomic E-state index is -0.757. The molecule has 3 fully saturated rings. The molecule has 0 bridgehead atoms. The third-order valence-corrected chi connectivity index (χ3v) is 11.5. The summed E-state index contributed by atoms with van der Waals surface area (Å²) in [4.78, 5) is 40.7. The fourth-order valence-electron chi connectivity index (χ4n) is 8.22. The molecule has 11 nitrogen and oxygen atoms in total. The van der Waals surface area contributed by atoms with Crippen LogP contribution in [0.25, 0.3) is 33.7 Å². The molecule has 0 unspecified atom stereocenters. The van der Waals surface area contributed by atoms with Crippen molar-refractivity contribution in [2.24, 2.45) is 5.41 Å². The van der Waals surface area contributed by atoms with Gasteiger partial charge in [0, 0.05) is 93.7 Å². The summed E-state index contributed by atoms with van der Waals surface area (Å²) in [5.41, 5.74) is 7.21. The van der Waals surface area contributed by atoms with Crippen LogP contribution < -0.4 is 10.1 Å². The second kappa shape index (κ2) is 14.7. The number of benzene rings is 3. The van der Waals surface area contributed by atoms with Gasteiger partial charge in [0.05, 0.1) is 23.4 Å². The maximum atomic E-state index is 13.6. The second-order valence-electron chi connectivity index (χ2n) is 15.1. The van der Waals surface area contributed by atoms with Crippen molar-refractivity contribution in [2.75, 3.05) is 51.7 Å². The molecule has 3 aromatic carbocycles. The standard InChI is InChI=1S/C42H41ClFN7O4/c1-25-31(33-8-5-9-34(38(33)43)47-40(53)36-16-37(54-3)29(18-46-36)20-49-12-10-30(44)11-13-49)6-4-7-32(25)41-48-35-15-27(14-28(17-45)39(35)55-41)19-50-21-42(22-50)23-51(24-42)26(2)52/h4-9,14-16,18,30H,10-13,19-24H2,1-3H3,(H,47,53). The normalized spacial score (nSPS) is 17.1. The highest BCUT2D eigenvalue weighted by Crippen LogP contribution is 2.42. The lowest BCUT2D eigenvalue weighted by molar-refractivity contribution is -0.157. The van der Waals surface area contributed by atoms with Crippen molar-refractivity contribution >= 4 is 40.2 Å². The van der Waals surface area contributed by atoms with E-state index in [0.717, 1.165) is 54.0 Å². The van der Waals surface area contributed by atoms with Gasteiger partial charge in [-0.25, -0.2) is 9.37 Å². The van der Waals surface area contributed by atoms with Crippen LogP contribution in [-0.4, -0.2) is 89.0 Å². The molecule has 0 radical (unpaired) electrons. The van der Waals surface area contributed by atoms with Crippen molar-refractivity contribution in [3.8, 4) is 34.4 Å². The first-order valence-corrected chi connectivity index (χ1v) is 18.8. The Morgan fingerprint density at radius 2 is 1.76 bits per heavy atom. The van der Waals surface area contributed by atoms with E-state index in [1.165, 1.54) is 0 Å². The molecule has 5 aromatic rings. The van der Waals surface area contributed by atoms with E-state index in [1.54, 1.807) is 32.4 Å². The lowest BCUT2D eigenvalue weighted by Gasteiger charge is -2.60. The van der Waals surface area contributed by atoms with Crippen molar-refractivity contribution in [1.29, 1.82) is 5.26 Å². The number of hydrogen-bond acceptors (Lipinski definition) is 9. The van der Waals surface area contributed by atoms with E-state index in [2.05, 4.69) is 26.2 Å². The van der Waals surface area contributed by atoms with Gasteiger partial charge in [0.25, 0.3) is 5.91 Å². The maximum absolute atomic E-state index is 13.6. The van der Waals surface area contributed by atoms with Crippen molar-refractivity contribution in [3.63, 3.8) is 0 Å². The summed E-state index contributed by atoms with van der Waals surface area (Å²) in [6.45, 7) is 9.59. The Morgan fingerprint density at radius 1 is 1.04 bits per heavy atom. The number of likely N-dealkylation sites (tertiary alicyclic amines) is 3. The number of halogens is 2. The van der Waals surface area contributed by atoms with Crippen molar-refractivity contribution in [1.82, 2.24) is 24.7 Å². The van der Waals surface area contributed by atoms with E-state index in [4.69, 9.17) is 25.7 Å². The summed E-state index contributed by atoms with van der Waals surface area (Å²) < 4.78 is 25.5. The predicted molar refractivity (Wildman–Crippen MR) is 207 cm³/mol. The molecule has 1 N–H and O–H groups in total. The number of amides is 2. The average Bonchev–Trinajstić information content (AvgIpc) is 3.57. The van der Waals surface area contributed by atoms with Crippen LogP contribution in [0.2, 0.25) is 5.02 Å². The molecule has 0 aliphatic carbocycles. The summed E-state index contributed by atoms with van der Waals surface area (Å²) in [5.74, 6) is 0.607. The highest BCUT2D eigenvalue weighted by molar-refractivity contribution is 6.36. The Hall–Kier alpha value is -5.35. The average molecular weight is 762 g/mol. The van der Waals surface area contributed by atoms with Crippen LogP contribution in [0.1, 0.15) is 52.5 Å². The third kappa shape index (κ3) is 7.15. The van der Waals surface area contributed by atoms with Gasteiger partial charge in [-0.05, 0) is 60.7 Å². The Bertz CT molecular complexity index is 2350. The van der Waals surface area contributed by atoms with E-state index in [0.29, 0.717) is 83.6 Å². The zero-order chi connectivity index (χ0) is 38.4. The van der Waals surface area contributed by atoms with Gasteiger partial charge < -0.3 is 19.4 Å². The summed E-state index contributed by atoms with van der Waals surface area (Å²) in [6, 6.07) is 19.0. The number of anilines is 1. The molecule has 2 aromatic heterocycles. The molecule has 3 saturated heterocycles. The van der Waals surface area contributed by atoms with Gasteiger partial charge in [-0.15, -0.1) is 0 Å². The fourth-order valence-corrected chi connectivity index (χ4v) is 8.49. The smallest absolute Gasteiger partial charge is 0.274 e. The second-order valence-corrected chi connectivity index (χ2v) is 15.5. The Morgan fingerprint density at radius 3 is 2.49 bits per heavy atom. The number of piperidine rings is 1. The number of nitrogens with one attached hydrogen (secondary N) is 1. The number of alkyl halides is 1. The number of nitriles is 1. The lowest BCUT2D eigenvalue weighted by atomic mass is 9.72. The first-order valence-electron chi connectivity index (χ1n) is 18.4. The van der Waals surface area contributed by atoms with Crippen molar-refractivity contribution < 1.29 is 23.1 Å². The Balaban J connectivity index is 0.996. The van der Waals surface area contributed by atoms with Gasteiger partial charge in [-0.2, -0.15) is 5.26 Å². The van der Waals surface area contributed by atoms with E-state index in [1.807, 2.05) is 54.3 Å². The number of carbonyl (C=O) groups excluding carboxylic acids is 2. The number of ether oxygens (including phenoxy) is 1. The van der Waals surface area contributed by atoms with Crippen LogP contribution in [0, 0.1) is 23.7 Å². The molecule has 13 heteroatoms. The molecule has 3 aliphatic heterocycles. The minimum absolute atomic E-state index is 0.123. The zero-order valence-corrected chi connectivity index (χ0v) is 31.8. The molecule has 0 atom stereocenters. The number of oxazole rings is 1. The summed E-state index contributed by atoms with van der Waals surface area (Å²) in [7, 11) is 1.55. The van der Waals surface area contributed by atoms with E-state index < -0.39 is 12.1 Å². The molecule has 55 heavy (non-hydrogen) atoms. The first kappa shape index (κ1) is 36.6. The molecule has 3 aliphatic rings. The summed E-state index contributed by atoms with van der Waals surface area (Å²) in [5, 5.41) is 13.3. The van der Waals surface area contributed by atoms with Crippen LogP contribution in [0.15, 0.2) is 65.2 Å². The number of pyridine rings is 1. The van der Waals surface area contributed by atoms with Crippen LogP contribution in [0.3, 0.4) is 0 Å². The van der Waals surface area contributed by atoms with Gasteiger partial charge in [-0.1, -0.05) is 35.9 Å². The lowest BCUT2D eigenvalue weighted by Crippen LogP contribution is -2.72. The van der Waals surface area contributed by atoms with Gasteiger partial charge in [-0.3, -0.25) is 24.4 Å². The molecule has 282 valence electrons. The number of hydrogen-bond donors (Lipinski definition) is 1. The highest BCUT2D eigenvalue weighted by atomic mass is 35.5. The summed E-state index contributed by atoms with van der Waals surface area (Å²) >= 11 is 6.99. The van der Waals surface area contributed by atoms with Gasteiger partial charge in [0.2, 0.25) is 11.8 Å². The van der Waals surface area contributed by atoms with Crippen molar-refractivity contribution in [3.05, 3.63) is 93.8 Å². The predicted octanol–water partition coefficient (Wildman–Crippen LogP) is 7.25. The number of carbonyl (C=O) groups is 2. The van der Waals surface area contributed by atoms with Crippen LogP contribution >= 0.6 is 11.6 Å². The number of aromatic nitrogens is 2. The highest BCUT2D eigenvalue weighted by Gasteiger charge is 2.52. The Kier molecular flexibility index (Phi) is 9.79. The van der Waals surface area contributed by atoms with Gasteiger partial charge >= 0.3 is 0 Å². The SMILES string of the molecule is COc1cc(C(=O)Nc2cccc(-c3cccc(-c4nc5cc(CN6CC7(C6)CN(C(C)=O)C7)cc(C#N)c5o4)c3C)c2Cl)ncc1CN1CCC(F)CC1. The topological polar surface area (TPSA) is 128 Å². The van der Waals surface area contributed by atoms with Crippen LogP contribution in [-0.2, 0) is 17.9 Å². The largest absolute Gasteiger partial charge is 0.496 e. The molecule has 0 saturated carbocycles. The minimum Gasteiger partial charge on any atom is -0.496 e. The molecular weight excluding hydrogens is 721 g/mol. The molecule has 2 amide bonds. The molecular formula is C42H41ClFN7O4. The number of nitrogens with zero attached hydrogens (tertiary/aromatic N) is 6. The van der Waals surface area contributed by atoms with E-state index in [9.17, 15) is 19.2 Å². The van der Waals surface area contributed by atoms with Crippen molar-refractivity contribution in [2.45, 2.75) is 46.0 Å².